The minimum absolute atomic E-state index is 0.188. The van der Waals surface area contributed by atoms with Gasteiger partial charge in [0, 0.05) is 32.1 Å². The van der Waals surface area contributed by atoms with Crippen LogP contribution in [0.15, 0.2) is 24.3 Å². The van der Waals surface area contributed by atoms with Gasteiger partial charge < -0.3 is 9.64 Å². The molecule has 0 bridgehead atoms. The summed E-state index contributed by atoms with van der Waals surface area (Å²) in [5.74, 6) is 0.540. The Hall–Kier alpha value is -1.62. The van der Waals surface area contributed by atoms with Crippen LogP contribution in [0.2, 0.25) is 0 Å². The van der Waals surface area contributed by atoms with Gasteiger partial charge in [0.25, 0.3) is 0 Å². The number of carbonyl (C=O) groups excluding carboxylic acids is 1. The number of rotatable bonds is 6. The maximum absolute atomic E-state index is 12.8. The molecule has 2 rings (SSSR count). The maximum Gasteiger partial charge on any atom is 0.224 e. The van der Waals surface area contributed by atoms with E-state index >= 15 is 0 Å². The molecule has 1 amide bonds. The maximum atomic E-state index is 12.8. The van der Waals surface area contributed by atoms with Crippen LogP contribution >= 0.6 is 0 Å². The highest BCUT2D eigenvalue weighted by atomic mass is 19.1. The number of hydrogen-bond donors (Lipinski definition) is 0. The highest BCUT2D eigenvalue weighted by Gasteiger charge is 2.22. The van der Waals surface area contributed by atoms with Crippen LogP contribution in [-0.4, -0.2) is 54.5 Å². The molecule has 0 radical (unpaired) electrons. The lowest BCUT2D eigenvalue weighted by atomic mass is 10.2. The van der Waals surface area contributed by atoms with Gasteiger partial charge in [0.2, 0.25) is 5.91 Å². The van der Waals surface area contributed by atoms with Gasteiger partial charge in [0.15, 0.2) is 0 Å². The Morgan fingerprint density at radius 3 is 2.64 bits per heavy atom. The van der Waals surface area contributed by atoms with Gasteiger partial charge in [-0.15, -0.1) is 0 Å². The van der Waals surface area contributed by atoms with Gasteiger partial charge in [0.05, 0.1) is 6.54 Å². The third-order valence-electron chi connectivity index (χ3n) is 4.28. The van der Waals surface area contributed by atoms with Crippen molar-refractivity contribution < 1.29 is 13.9 Å². The fourth-order valence-electron chi connectivity index (χ4n) is 2.62. The van der Waals surface area contributed by atoms with Gasteiger partial charge in [-0.1, -0.05) is 6.92 Å². The topological polar surface area (TPSA) is 32.8 Å². The summed E-state index contributed by atoms with van der Waals surface area (Å²) in [6, 6.07) is 6.46. The van der Waals surface area contributed by atoms with Crippen LogP contribution in [0.4, 0.5) is 4.39 Å². The number of benzene rings is 1. The summed E-state index contributed by atoms with van der Waals surface area (Å²) < 4.78 is 18.4. The summed E-state index contributed by atoms with van der Waals surface area (Å²) in [6.45, 7) is 7.88. The van der Waals surface area contributed by atoms with E-state index in [4.69, 9.17) is 4.74 Å². The number of hydrogen-bond acceptors (Lipinski definition) is 3. The molecule has 0 aliphatic carbocycles. The molecule has 1 aliphatic heterocycles. The highest BCUT2D eigenvalue weighted by Crippen LogP contribution is 2.12. The Morgan fingerprint density at radius 2 is 1.95 bits per heavy atom. The predicted molar refractivity (Wildman–Crippen MR) is 84.4 cm³/mol. The Labute approximate surface area is 131 Å². The van der Waals surface area contributed by atoms with Crippen LogP contribution in [-0.2, 0) is 4.79 Å². The number of carbonyl (C=O) groups is 1. The van der Waals surface area contributed by atoms with Gasteiger partial charge in [-0.25, -0.2) is 4.39 Å². The van der Waals surface area contributed by atoms with E-state index in [1.54, 1.807) is 12.1 Å². The minimum atomic E-state index is -0.278. The van der Waals surface area contributed by atoms with Crippen molar-refractivity contribution in [3.8, 4) is 5.75 Å². The van der Waals surface area contributed by atoms with Crippen molar-refractivity contribution in [3.63, 3.8) is 0 Å². The van der Waals surface area contributed by atoms with Crippen LogP contribution in [0.3, 0.4) is 0 Å². The normalized spacial score (nSPS) is 18.1. The van der Waals surface area contributed by atoms with Crippen molar-refractivity contribution in [2.24, 2.45) is 0 Å². The molecule has 1 aromatic rings. The lowest BCUT2D eigenvalue weighted by Crippen LogP contribution is -2.38. The molecule has 1 saturated heterocycles. The molecule has 122 valence electrons. The molecule has 4 nitrogen and oxygen atoms in total. The Kier molecular flexibility index (Phi) is 6.19. The molecule has 1 unspecified atom stereocenters. The molecule has 1 fully saturated rings. The fourth-order valence-corrected chi connectivity index (χ4v) is 2.62. The molecule has 0 saturated carbocycles. The Morgan fingerprint density at radius 1 is 1.23 bits per heavy atom. The van der Waals surface area contributed by atoms with E-state index < -0.39 is 0 Å². The summed E-state index contributed by atoms with van der Waals surface area (Å²) in [4.78, 5) is 16.4. The van der Waals surface area contributed by atoms with E-state index in [-0.39, 0.29) is 11.7 Å². The molecule has 0 spiro atoms. The first-order valence-electron chi connectivity index (χ1n) is 8.00. The number of amides is 1. The number of nitrogens with zero attached hydrogens (tertiary/aromatic N) is 2. The van der Waals surface area contributed by atoms with E-state index in [1.165, 1.54) is 12.1 Å². The van der Waals surface area contributed by atoms with Crippen LogP contribution in [0, 0.1) is 5.82 Å². The zero-order chi connectivity index (χ0) is 15.9. The van der Waals surface area contributed by atoms with Crippen LogP contribution in [0.25, 0.3) is 0 Å². The molecule has 0 N–H and O–H groups in total. The monoisotopic (exact) mass is 308 g/mol. The summed E-state index contributed by atoms with van der Waals surface area (Å²) >= 11 is 0. The molecule has 1 aromatic carbocycles. The van der Waals surface area contributed by atoms with Crippen molar-refractivity contribution in [3.05, 3.63) is 30.1 Å². The largest absolute Gasteiger partial charge is 0.492 e. The second-order valence-electron chi connectivity index (χ2n) is 5.73. The second-order valence-corrected chi connectivity index (χ2v) is 5.73. The number of ether oxygens (including phenoxy) is 1. The first-order chi connectivity index (χ1) is 10.6. The lowest BCUT2D eigenvalue weighted by Gasteiger charge is -2.26. The van der Waals surface area contributed by atoms with Gasteiger partial charge in [-0.2, -0.15) is 0 Å². The zero-order valence-corrected chi connectivity index (χ0v) is 13.4. The van der Waals surface area contributed by atoms with Crippen LogP contribution < -0.4 is 4.74 Å². The van der Waals surface area contributed by atoms with Crippen molar-refractivity contribution in [1.29, 1.82) is 0 Å². The van der Waals surface area contributed by atoms with Gasteiger partial charge in [0.1, 0.15) is 18.2 Å². The average molecular weight is 308 g/mol. The summed E-state index contributed by atoms with van der Waals surface area (Å²) in [5, 5.41) is 0. The molecule has 1 aliphatic rings. The van der Waals surface area contributed by atoms with Crippen molar-refractivity contribution in [2.45, 2.75) is 32.7 Å². The predicted octanol–water partition coefficient (Wildman–Crippen LogP) is 2.54. The van der Waals surface area contributed by atoms with Gasteiger partial charge in [-0.3, -0.25) is 9.69 Å². The van der Waals surface area contributed by atoms with Crippen molar-refractivity contribution in [2.75, 3.05) is 32.8 Å². The van der Waals surface area contributed by atoms with Crippen molar-refractivity contribution >= 4 is 5.91 Å². The van der Waals surface area contributed by atoms with Gasteiger partial charge in [-0.05, 0) is 37.6 Å². The quantitative estimate of drug-likeness (QED) is 0.809. The Balaban J connectivity index is 1.79. The second kappa shape index (κ2) is 8.13. The first-order valence-corrected chi connectivity index (χ1v) is 8.00. The van der Waals surface area contributed by atoms with E-state index in [0.29, 0.717) is 31.4 Å². The molecule has 5 heteroatoms. The molecule has 0 aromatic heterocycles. The summed E-state index contributed by atoms with van der Waals surface area (Å²) in [6.07, 6.45) is 1.67. The Bertz CT molecular complexity index is 478. The van der Waals surface area contributed by atoms with E-state index in [9.17, 15) is 9.18 Å². The minimum Gasteiger partial charge on any atom is -0.492 e. The smallest absolute Gasteiger partial charge is 0.224 e. The van der Waals surface area contributed by atoms with E-state index in [0.717, 1.165) is 26.1 Å². The molecular formula is C17H25FN2O2. The third-order valence-corrected chi connectivity index (χ3v) is 4.28. The SMILES string of the molecule is CCC(C)N1CCC(=O)N(CCOc2ccc(F)cc2)CC1. The lowest BCUT2D eigenvalue weighted by molar-refractivity contribution is -0.130. The summed E-state index contributed by atoms with van der Waals surface area (Å²) in [5.41, 5.74) is 0. The molecule has 22 heavy (non-hydrogen) atoms. The first kappa shape index (κ1) is 16.7. The highest BCUT2D eigenvalue weighted by molar-refractivity contribution is 5.76. The van der Waals surface area contributed by atoms with E-state index in [2.05, 4.69) is 18.7 Å². The molecular weight excluding hydrogens is 283 g/mol. The molecule has 1 atom stereocenters. The number of halogens is 1. The molecule has 1 heterocycles. The standard InChI is InChI=1S/C17H25FN2O2/c1-3-14(2)19-9-8-17(21)20(11-10-19)12-13-22-16-6-4-15(18)5-7-16/h4-7,14H,3,8-13H2,1-2H3. The average Bonchev–Trinajstić information content (AvgIpc) is 2.71. The fraction of sp³-hybridized carbons (Fsp3) is 0.588. The van der Waals surface area contributed by atoms with Crippen LogP contribution in [0.1, 0.15) is 26.7 Å². The van der Waals surface area contributed by atoms with Gasteiger partial charge >= 0.3 is 0 Å². The zero-order valence-electron chi connectivity index (χ0n) is 13.4. The van der Waals surface area contributed by atoms with Crippen LogP contribution in [0.5, 0.6) is 5.75 Å². The van der Waals surface area contributed by atoms with Crippen molar-refractivity contribution in [1.82, 2.24) is 9.80 Å². The van der Waals surface area contributed by atoms with E-state index in [1.807, 2.05) is 4.90 Å². The third kappa shape index (κ3) is 4.70. The summed E-state index contributed by atoms with van der Waals surface area (Å²) in [7, 11) is 0.